The highest BCUT2D eigenvalue weighted by Crippen LogP contribution is 2.25. The predicted molar refractivity (Wildman–Crippen MR) is 90.9 cm³/mol. The Labute approximate surface area is 141 Å². The number of ether oxygens (including phenoxy) is 1. The Morgan fingerprint density at radius 2 is 1.67 bits per heavy atom. The number of rotatable bonds is 7. The number of amides is 1. The SMILES string of the molecule is CC(C)c1ccccc1OCC(=O)NNS(=O)(=O)c1ccccc1. The molecule has 0 saturated carbocycles. The first-order chi connectivity index (χ1) is 11.4. The van der Waals surface area contributed by atoms with Crippen molar-refractivity contribution in [2.75, 3.05) is 6.61 Å². The second-order valence-corrected chi connectivity index (χ2v) is 7.13. The zero-order valence-electron chi connectivity index (χ0n) is 13.5. The zero-order valence-corrected chi connectivity index (χ0v) is 14.3. The van der Waals surface area contributed by atoms with Gasteiger partial charge in [-0.1, -0.05) is 50.2 Å². The first kappa shape index (κ1) is 18.0. The number of benzene rings is 2. The van der Waals surface area contributed by atoms with Crippen molar-refractivity contribution in [1.82, 2.24) is 10.3 Å². The fourth-order valence-corrected chi connectivity index (χ4v) is 2.93. The minimum absolute atomic E-state index is 0.0661. The number of hydrazine groups is 1. The van der Waals surface area contributed by atoms with Crippen molar-refractivity contribution >= 4 is 15.9 Å². The number of hydrogen-bond acceptors (Lipinski definition) is 4. The highest BCUT2D eigenvalue weighted by Gasteiger charge is 2.15. The van der Waals surface area contributed by atoms with Crippen molar-refractivity contribution in [2.45, 2.75) is 24.7 Å². The molecule has 2 rings (SSSR count). The predicted octanol–water partition coefficient (Wildman–Crippen LogP) is 2.20. The Morgan fingerprint density at radius 3 is 2.33 bits per heavy atom. The Bertz CT molecular complexity index is 789. The Morgan fingerprint density at radius 1 is 1.04 bits per heavy atom. The highest BCUT2D eigenvalue weighted by molar-refractivity contribution is 7.89. The molecule has 0 aliphatic rings. The molecule has 7 heteroatoms. The molecule has 0 aromatic heterocycles. The molecule has 0 saturated heterocycles. The lowest BCUT2D eigenvalue weighted by atomic mass is 10.0. The van der Waals surface area contributed by atoms with Gasteiger partial charge in [-0.15, -0.1) is 4.83 Å². The molecule has 0 aliphatic heterocycles. The van der Waals surface area contributed by atoms with Crippen LogP contribution in [0.1, 0.15) is 25.3 Å². The van der Waals surface area contributed by atoms with Crippen LogP contribution in [0.15, 0.2) is 59.5 Å². The number of carbonyl (C=O) groups is 1. The molecular weight excluding hydrogens is 328 g/mol. The summed E-state index contributed by atoms with van der Waals surface area (Å²) in [6.45, 7) is 3.76. The van der Waals surface area contributed by atoms with Gasteiger partial charge in [0.2, 0.25) is 0 Å². The van der Waals surface area contributed by atoms with Gasteiger partial charge in [-0.05, 0) is 29.7 Å². The van der Waals surface area contributed by atoms with E-state index >= 15 is 0 Å². The van der Waals surface area contributed by atoms with Crippen molar-refractivity contribution in [1.29, 1.82) is 0 Å². The number of para-hydroxylation sites is 1. The van der Waals surface area contributed by atoms with Crippen molar-refractivity contribution in [2.24, 2.45) is 0 Å². The average Bonchev–Trinajstić information content (AvgIpc) is 2.59. The van der Waals surface area contributed by atoms with E-state index < -0.39 is 15.9 Å². The average molecular weight is 348 g/mol. The van der Waals surface area contributed by atoms with E-state index in [9.17, 15) is 13.2 Å². The quantitative estimate of drug-likeness (QED) is 0.751. The van der Waals surface area contributed by atoms with Gasteiger partial charge in [0.15, 0.2) is 6.61 Å². The van der Waals surface area contributed by atoms with Gasteiger partial charge in [0.1, 0.15) is 5.75 Å². The van der Waals surface area contributed by atoms with Crippen LogP contribution in [-0.4, -0.2) is 20.9 Å². The molecule has 0 unspecified atom stereocenters. The minimum Gasteiger partial charge on any atom is -0.483 e. The summed E-state index contributed by atoms with van der Waals surface area (Å²) in [5, 5.41) is 0. The van der Waals surface area contributed by atoms with Gasteiger partial charge < -0.3 is 4.74 Å². The van der Waals surface area contributed by atoms with E-state index in [1.54, 1.807) is 24.3 Å². The summed E-state index contributed by atoms with van der Waals surface area (Å²) >= 11 is 0. The van der Waals surface area contributed by atoms with Gasteiger partial charge in [0, 0.05) is 0 Å². The fourth-order valence-electron chi connectivity index (χ4n) is 2.05. The maximum absolute atomic E-state index is 12.0. The number of hydrogen-bond donors (Lipinski definition) is 2. The first-order valence-corrected chi connectivity index (χ1v) is 8.96. The molecular formula is C17H20N2O4S. The molecule has 128 valence electrons. The molecule has 0 atom stereocenters. The topological polar surface area (TPSA) is 84.5 Å². The molecule has 0 aliphatic carbocycles. The van der Waals surface area contributed by atoms with Crippen LogP contribution >= 0.6 is 0 Å². The summed E-state index contributed by atoms with van der Waals surface area (Å²) in [4.78, 5) is 13.9. The largest absolute Gasteiger partial charge is 0.483 e. The van der Waals surface area contributed by atoms with Crippen molar-refractivity contribution < 1.29 is 17.9 Å². The molecule has 0 radical (unpaired) electrons. The van der Waals surface area contributed by atoms with Crippen molar-refractivity contribution in [3.8, 4) is 5.75 Å². The summed E-state index contributed by atoms with van der Waals surface area (Å²) in [6, 6.07) is 15.2. The van der Waals surface area contributed by atoms with Crippen LogP contribution < -0.4 is 15.0 Å². The molecule has 1 amide bonds. The lowest BCUT2D eigenvalue weighted by Crippen LogP contribution is -2.43. The summed E-state index contributed by atoms with van der Waals surface area (Å²) in [5.74, 6) is 0.266. The molecule has 0 spiro atoms. The number of sulfonamides is 1. The van der Waals surface area contributed by atoms with Gasteiger partial charge in [0.05, 0.1) is 4.90 Å². The van der Waals surface area contributed by atoms with Crippen LogP contribution in [0, 0.1) is 0 Å². The first-order valence-electron chi connectivity index (χ1n) is 7.47. The van der Waals surface area contributed by atoms with E-state index in [1.807, 2.05) is 36.9 Å². The Balaban J connectivity index is 1.91. The standard InChI is InChI=1S/C17H20N2O4S/c1-13(2)15-10-6-7-11-16(15)23-12-17(20)18-19-24(21,22)14-8-4-3-5-9-14/h3-11,13,19H,12H2,1-2H3,(H,18,20). The number of nitrogens with one attached hydrogen (secondary N) is 2. The van der Waals surface area contributed by atoms with Gasteiger partial charge >= 0.3 is 0 Å². The van der Waals surface area contributed by atoms with Crippen LogP contribution in [0.2, 0.25) is 0 Å². The summed E-state index contributed by atoms with van der Waals surface area (Å²) in [6.07, 6.45) is 0. The molecule has 6 nitrogen and oxygen atoms in total. The second kappa shape index (κ2) is 7.94. The highest BCUT2D eigenvalue weighted by atomic mass is 32.2. The van der Waals surface area contributed by atoms with Crippen molar-refractivity contribution in [3.05, 3.63) is 60.2 Å². The fraction of sp³-hybridized carbons (Fsp3) is 0.235. The Hall–Kier alpha value is -2.38. The van der Waals surface area contributed by atoms with Crippen LogP contribution in [-0.2, 0) is 14.8 Å². The lowest BCUT2D eigenvalue weighted by molar-refractivity contribution is -0.123. The summed E-state index contributed by atoms with van der Waals surface area (Å²) in [7, 11) is -3.80. The maximum atomic E-state index is 12.0. The minimum atomic E-state index is -3.80. The zero-order chi connectivity index (χ0) is 17.6. The smallest absolute Gasteiger partial charge is 0.272 e. The Kier molecular flexibility index (Phi) is 5.94. The van der Waals surface area contributed by atoms with Crippen molar-refractivity contribution in [3.63, 3.8) is 0 Å². The summed E-state index contributed by atoms with van der Waals surface area (Å²) < 4.78 is 29.5. The monoisotopic (exact) mass is 348 g/mol. The molecule has 0 heterocycles. The lowest BCUT2D eigenvalue weighted by Gasteiger charge is -2.14. The van der Waals surface area contributed by atoms with E-state index in [1.165, 1.54) is 12.1 Å². The molecule has 0 bridgehead atoms. The molecule has 2 aromatic rings. The molecule has 2 aromatic carbocycles. The van der Waals surface area contributed by atoms with E-state index in [-0.39, 0.29) is 17.4 Å². The van der Waals surface area contributed by atoms with E-state index in [0.29, 0.717) is 5.75 Å². The maximum Gasteiger partial charge on any atom is 0.272 e. The van der Waals surface area contributed by atoms with Crippen LogP contribution in [0.25, 0.3) is 0 Å². The van der Waals surface area contributed by atoms with Crippen LogP contribution in [0.5, 0.6) is 5.75 Å². The third kappa shape index (κ3) is 4.81. The normalized spacial score (nSPS) is 11.3. The van der Waals surface area contributed by atoms with E-state index in [4.69, 9.17) is 4.74 Å². The van der Waals surface area contributed by atoms with Gasteiger partial charge in [-0.3, -0.25) is 10.2 Å². The third-order valence-corrected chi connectivity index (χ3v) is 4.54. The molecule has 0 fully saturated rings. The van der Waals surface area contributed by atoms with Gasteiger partial charge in [0.25, 0.3) is 15.9 Å². The van der Waals surface area contributed by atoms with Crippen LogP contribution in [0.4, 0.5) is 0 Å². The number of carbonyl (C=O) groups excluding carboxylic acids is 1. The van der Waals surface area contributed by atoms with Gasteiger partial charge in [-0.25, -0.2) is 8.42 Å². The second-order valence-electron chi connectivity index (χ2n) is 5.45. The third-order valence-electron chi connectivity index (χ3n) is 3.28. The van der Waals surface area contributed by atoms with E-state index in [0.717, 1.165) is 5.56 Å². The van der Waals surface area contributed by atoms with Crippen LogP contribution in [0.3, 0.4) is 0 Å². The molecule has 24 heavy (non-hydrogen) atoms. The van der Waals surface area contributed by atoms with E-state index in [2.05, 4.69) is 5.43 Å². The van der Waals surface area contributed by atoms with Gasteiger partial charge in [-0.2, -0.15) is 0 Å². The molecule has 2 N–H and O–H groups in total. The summed E-state index contributed by atoms with van der Waals surface area (Å²) in [5.41, 5.74) is 3.12.